The van der Waals surface area contributed by atoms with E-state index in [9.17, 15) is 18.0 Å². The molecule has 2 heterocycles. The summed E-state index contributed by atoms with van der Waals surface area (Å²) in [5.74, 6) is -0.770. The summed E-state index contributed by atoms with van der Waals surface area (Å²) in [6.07, 6.45) is 3.64. The molecule has 1 atom stereocenters. The molecule has 2 N–H and O–H groups in total. The number of nitrogens with zero attached hydrogens (tertiary/aromatic N) is 1. The van der Waals surface area contributed by atoms with Gasteiger partial charge < -0.3 is 15.1 Å². The van der Waals surface area contributed by atoms with Crippen LogP contribution in [0.15, 0.2) is 64.6 Å². The van der Waals surface area contributed by atoms with Gasteiger partial charge in [0.05, 0.1) is 0 Å². The molecule has 31 heavy (non-hydrogen) atoms. The summed E-state index contributed by atoms with van der Waals surface area (Å²) >= 11 is 0. The van der Waals surface area contributed by atoms with E-state index in [0.29, 0.717) is 38.8 Å². The van der Waals surface area contributed by atoms with Crippen LogP contribution in [0.25, 0.3) is 0 Å². The molecule has 0 bridgehead atoms. The van der Waals surface area contributed by atoms with Gasteiger partial charge in [-0.05, 0) is 49.5 Å². The SMILES string of the molecule is C=CC(=O)NC1CCCN(S(=O)(=O)c2ccc(C(=O)NCCc3ccccc3)o2)CC1. The first-order chi connectivity index (χ1) is 14.9. The van der Waals surface area contributed by atoms with Gasteiger partial charge in [0.25, 0.3) is 15.9 Å². The molecule has 0 spiro atoms. The Morgan fingerprint density at radius 3 is 2.65 bits per heavy atom. The summed E-state index contributed by atoms with van der Waals surface area (Å²) in [7, 11) is -3.87. The van der Waals surface area contributed by atoms with E-state index in [1.807, 2.05) is 30.3 Å². The minimum atomic E-state index is -3.87. The molecule has 166 valence electrons. The quantitative estimate of drug-likeness (QED) is 0.605. The average molecular weight is 446 g/mol. The summed E-state index contributed by atoms with van der Waals surface area (Å²) in [5.41, 5.74) is 1.09. The third kappa shape index (κ3) is 6.05. The second-order valence-electron chi connectivity index (χ2n) is 7.35. The molecule has 2 aromatic rings. The number of amides is 2. The Hall–Kier alpha value is -2.91. The fourth-order valence-electron chi connectivity index (χ4n) is 3.48. The van der Waals surface area contributed by atoms with Crippen LogP contribution in [0.5, 0.6) is 0 Å². The zero-order valence-electron chi connectivity index (χ0n) is 17.2. The molecular weight excluding hydrogens is 418 g/mol. The van der Waals surface area contributed by atoms with E-state index < -0.39 is 15.9 Å². The lowest BCUT2D eigenvalue weighted by molar-refractivity contribution is -0.117. The first-order valence-electron chi connectivity index (χ1n) is 10.2. The number of furan rings is 1. The van der Waals surface area contributed by atoms with Gasteiger partial charge >= 0.3 is 0 Å². The van der Waals surface area contributed by atoms with Crippen molar-refractivity contribution in [3.05, 3.63) is 66.4 Å². The number of sulfonamides is 1. The van der Waals surface area contributed by atoms with Crippen LogP contribution in [0.4, 0.5) is 0 Å². The van der Waals surface area contributed by atoms with Crippen LogP contribution in [0, 0.1) is 0 Å². The number of rotatable bonds is 8. The molecular formula is C22H27N3O5S. The highest BCUT2D eigenvalue weighted by Crippen LogP contribution is 2.22. The van der Waals surface area contributed by atoms with Crippen molar-refractivity contribution < 1.29 is 22.4 Å². The van der Waals surface area contributed by atoms with Crippen molar-refractivity contribution in [3.63, 3.8) is 0 Å². The summed E-state index contributed by atoms with van der Waals surface area (Å²) in [6, 6.07) is 12.3. The predicted molar refractivity (Wildman–Crippen MR) is 116 cm³/mol. The highest BCUT2D eigenvalue weighted by Gasteiger charge is 2.31. The van der Waals surface area contributed by atoms with Gasteiger partial charge in [0, 0.05) is 25.7 Å². The van der Waals surface area contributed by atoms with Gasteiger partial charge in [-0.1, -0.05) is 36.9 Å². The molecule has 9 heteroatoms. The highest BCUT2D eigenvalue weighted by atomic mass is 32.2. The van der Waals surface area contributed by atoms with E-state index in [0.717, 1.165) is 5.56 Å². The maximum absolute atomic E-state index is 13.0. The second-order valence-corrected chi connectivity index (χ2v) is 9.22. The molecule has 1 aromatic heterocycles. The maximum atomic E-state index is 13.0. The van der Waals surface area contributed by atoms with Crippen molar-refractivity contribution in [2.75, 3.05) is 19.6 Å². The zero-order chi connectivity index (χ0) is 22.3. The van der Waals surface area contributed by atoms with E-state index in [4.69, 9.17) is 4.42 Å². The predicted octanol–water partition coefficient (Wildman–Crippen LogP) is 2.10. The number of nitrogens with one attached hydrogen (secondary N) is 2. The fraction of sp³-hybridized carbons (Fsp3) is 0.364. The van der Waals surface area contributed by atoms with Crippen LogP contribution < -0.4 is 10.6 Å². The van der Waals surface area contributed by atoms with Crippen LogP contribution in [0.3, 0.4) is 0 Å². The van der Waals surface area contributed by atoms with Crippen LogP contribution in [-0.2, 0) is 21.2 Å². The number of carbonyl (C=O) groups is 2. The van der Waals surface area contributed by atoms with Gasteiger partial charge in [0.2, 0.25) is 11.0 Å². The number of carbonyl (C=O) groups excluding carboxylic acids is 2. The van der Waals surface area contributed by atoms with Gasteiger partial charge in [0.15, 0.2) is 5.76 Å². The summed E-state index contributed by atoms with van der Waals surface area (Å²) in [4.78, 5) is 23.8. The molecule has 1 aliphatic rings. The first kappa shape index (κ1) is 22.8. The van der Waals surface area contributed by atoms with E-state index in [2.05, 4.69) is 17.2 Å². The first-order valence-corrected chi connectivity index (χ1v) is 11.7. The van der Waals surface area contributed by atoms with Crippen molar-refractivity contribution in [1.29, 1.82) is 0 Å². The second kappa shape index (κ2) is 10.4. The highest BCUT2D eigenvalue weighted by molar-refractivity contribution is 7.89. The molecule has 1 aliphatic heterocycles. The Balaban J connectivity index is 1.57. The van der Waals surface area contributed by atoms with E-state index in [-0.39, 0.29) is 29.3 Å². The van der Waals surface area contributed by atoms with E-state index in [1.54, 1.807) is 0 Å². The van der Waals surface area contributed by atoms with Crippen molar-refractivity contribution >= 4 is 21.8 Å². The van der Waals surface area contributed by atoms with Gasteiger partial charge in [-0.15, -0.1) is 0 Å². The Morgan fingerprint density at radius 2 is 1.90 bits per heavy atom. The standard InChI is InChI=1S/C22H27N3O5S/c1-2-20(26)24-18-9-6-15-25(16-13-18)31(28,29)21-11-10-19(30-21)22(27)23-14-12-17-7-4-3-5-8-17/h2-5,7-8,10-11,18H,1,6,9,12-16H2,(H,23,27)(H,24,26). The van der Waals surface area contributed by atoms with Crippen LogP contribution in [-0.4, -0.2) is 50.2 Å². The number of benzene rings is 1. The summed E-state index contributed by atoms with van der Waals surface area (Å²) < 4.78 is 32.6. The van der Waals surface area contributed by atoms with Crippen LogP contribution in [0.1, 0.15) is 35.4 Å². The lowest BCUT2D eigenvalue weighted by Crippen LogP contribution is -2.36. The smallest absolute Gasteiger partial charge is 0.287 e. The topological polar surface area (TPSA) is 109 Å². The third-order valence-corrected chi connectivity index (χ3v) is 6.93. The van der Waals surface area contributed by atoms with Gasteiger partial charge in [-0.3, -0.25) is 9.59 Å². The molecule has 0 radical (unpaired) electrons. The molecule has 1 aromatic carbocycles. The monoisotopic (exact) mass is 445 g/mol. The van der Waals surface area contributed by atoms with Crippen molar-refractivity contribution in [2.24, 2.45) is 0 Å². The minimum absolute atomic E-state index is 0.0439. The Kier molecular flexibility index (Phi) is 7.64. The largest absolute Gasteiger partial charge is 0.438 e. The average Bonchev–Trinajstić information content (AvgIpc) is 3.16. The normalized spacial score (nSPS) is 17.5. The lowest BCUT2D eigenvalue weighted by Gasteiger charge is -2.19. The number of hydrogen-bond donors (Lipinski definition) is 2. The van der Waals surface area contributed by atoms with E-state index in [1.165, 1.54) is 22.5 Å². The van der Waals surface area contributed by atoms with E-state index >= 15 is 0 Å². The fourth-order valence-corrected chi connectivity index (χ4v) is 4.88. The molecule has 8 nitrogen and oxygen atoms in total. The summed E-state index contributed by atoms with van der Waals surface area (Å²) in [5, 5.41) is 5.30. The zero-order valence-corrected chi connectivity index (χ0v) is 18.1. The van der Waals surface area contributed by atoms with Gasteiger partial charge in [0.1, 0.15) is 0 Å². The lowest BCUT2D eigenvalue weighted by atomic mass is 10.1. The minimum Gasteiger partial charge on any atom is -0.438 e. The van der Waals surface area contributed by atoms with Crippen molar-refractivity contribution in [1.82, 2.24) is 14.9 Å². The Labute approximate surface area is 182 Å². The number of hydrogen-bond acceptors (Lipinski definition) is 5. The molecule has 2 amide bonds. The third-order valence-electron chi connectivity index (χ3n) is 5.16. The van der Waals surface area contributed by atoms with Crippen LogP contribution >= 0.6 is 0 Å². The Morgan fingerprint density at radius 1 is 1.13 bits per heavy atom. The maximum Gasteiger partial charge on any atom is 0.287 e. The molecule has 3 rings (SSSR count). The van der Waals surface area contributed by atoms with Crippen molar-refractivity contribution in [2.45, 2.75) is 36.8 Å². The van der Waals surface area contributed by atoms with Gasteiger partial charge in [-0.25, -0.2) is 8.42 Å². The molecule has 1 saturated heterocycles. The molecule has 0 aliphatic carbocycles. The molecule has 0 saturated carbocycles. The molecule has 1 unspecified atom stereocenters. The van der Waals surface area contributed by atoms with Crippen molar-refractivity contribution in [3.8, 4) is 0 Å². The van der Waals surface area contributed by atoms with Gasteiger partial charge in [-0.2, -0.15) is 4.31 Å². The Bertz CT molecular complexity index is 1020. The van der Waals surface area contributed by atoms with Crippen LogP contribution in [0.2, 0.25) is 0 Å². The summed E-state index contributed by atoms with van der Waals surface area (Å²) in [6.45, 7) is 4.42. The molecule has 1 fully saturated rings.